The lowest BCUT2D eigenvalue weighted by Gasteiger charge is -2.27. The van der Waals surface area contributed by atoms with Gasteiger partial charge in [0.1, 0.15) is 12.0 Å². The van der Waals surface area contributed by atoms with Crippen molar-refractivity contribution in [3.8, 4) is 0 Å². The fraction of sp³-hybridized carbons (Fsp3) is 0.615. The topological polar surface area (TPSA) is 88.3 Å². The van der Waals surface area contributed by atoms with E-state index in [4.69, 9.17) is 0 Å². The predicted molar refractivity (Wildman–Crippen MR) is 79.8 cm³/mol. The molecule has 1 aromatic heterocycles. The summed E-state index contributed by atoms with van der Waals surface area (Å²) in [4.78, 5) is 14.5. The maximum atomic E-state index is 10.8. The first kappa shape index (κ1) is 15.2. The van der Waals surface area contributed by atoms with Crippen molar-refractivity contribution in [1.29, 1.82) is 0 Å². The Morgan fingerprint density at radius 3 is 2.90 bits per heavy atom. The summed E-state index contributed by atoms with van der Waals surface area (Å²) in [7, 11) is 0. The van der Waals surface area contributed by atoms with Gasteiger partial charge in [0, 0.05) is 18.0 Å². The van der Waals surface area contributed by atoms with Crippen LogP contribution in [0.3, 0.4) is 0 Å². The number of aromatic nitrogens is 1. The molecule has 20 heavy (non-hydrogen) atoms. The maximum Gasteiger partial charge on any atom is 0.291 e. The van der Waals surface area contributed by atoms with E-state index in [9.17, 15) is 15.2 Å². The van der Waals surface area contributed by atoms with Crippen molar-refractivity contribution in [2.45, 2.75) is 38.7 Å². The molecule has 0 radical (unpaired) electrons. The number of hydrogen-bond donors (Lipinski definition) is 2. The van der Waals surface area contributed by atoms with Gasteiger partial charge in [-0.2, -0.15) is 0 Å². The van der Waals surface area contributed by atoms with Crippen LogP contribution in [0.1, 0.15) is 31.2 Å². The van der Waals surface area contributed by atoms with Crippen molar-refractivity contribution in [3.05, 3.63) is 26.3 Å². The second kappa shape index (κ2) is 6.49. The molecule has 1 aromatic rings. The number of aliphatic hydroxyl groups excluding tert-OH is 1. The van der Waals surface area contributed by atoms with Crippen LogP contribution < -0.4 is 5.32 Å². The monoisotopic (exact) mass is 343 g/mol. The number of nitrogens with one attached hydrogen (secondary N) is 1. The summed E-state index contributed by atoms with van der Waals surface area (Å²) in [6.45, 7) is 2.31. The Morgan fingerprint density at radius 2 is 2.25 bits per heavy atom. The van der Waals surface area contributed by atoms with Gasteiger partial charge in [0.15, 0.2) is 0 Å². The van der Waals surface area contributed by atoms with Gasteiger partial charge in [-0.15, -0.1) is 0 Å². The number of nitro groups is 1. The third kappa shape index (κ3) is 3.27. The Labute approximate surface area is 125 Å². The van der Waals surface area contributed by atoms with Crippen LogP contribution >= 0.6 is 15.9 Å². The molecule has 1 heterocycles. The second-order valence-electron chi connectivity index (χ2n) is 5.18. The molecule has 1 aliphatic carbocycles. The number of hydrogen-bond acceptors (Lipinski definition) is 5. The number of nitrogens with zero attached hydrogens (tertiary/aromatic N) is 2. The molecule has 0 aliphatic heterocycles. The summed E-state index contributed by atoms with van der Waals surface area (Å²) in [5.74, 6) is 0.804. The number of rotatable bonds is 4. The van der Waals surface area contributed by atoms with Crippen molar-refractivity contribution in [2.75, 3.05) is 11.9 Å². The molecular weight excluding hydrogens is 326 g/mol. The molecule has 0 amide bonds. The van der Waals surface area contributed by atoms with E-state index in [1.165, 1.54) is 6.20 Å². The molecule has 6 nitrogen and oxygen atoms in total. The average Bonchev–Trinajstić information content (AvgIpc) is 2.41. The molecule has 2 atom stereocenters. The van der Waals surface area contributed by atoms with E-state index in [2.05, 4.69) is 26.2 Å². The van der Waals surface area contributed by atoms with Crippen LogP contribution in [0.4, 0.5) is 11.5 Å². The number of pyridine rings is 1. The standard InChI is InChI=1S/C13H18BrN3O3/c1-8-10(17(19)20)7-16-13(12(8)14)15-6-9-4-2-3-5-11(9)18/h7,9,11,18H,2-6H2,1H3,(H,15,16). The summed E-state index contributed by atoms with van der Waals surface area (Å²) in [6.07, 6.45) is 5.06. The molecule has 0 bridgehead atoms. The highest BCUT2D eigenvalue weighted by molar-refractivity contribution is 9.10. The van der Waals surface area contributed by atoms with Gasteiger partial charge in [0.25, 0.3) is 5.69 Å². The summed E-state index contributed by atoms with van der Waals surface area (Å²) in [5, 5.41) is 23.9. The molecule has 1 saturated carbocycles. The van der Waals surface area contributed by atoms with Crippen molar-refractivity contribution >= 4 is 27.4 Å². The van der Waals surface area contributed by atoms with Crippen LogP contribution in [0, 0.1) is 23.0 Å². The van der Waals surface area contributed by atoms with E-state index in [1.54, 1.807) is 6.92 Å². The summed E-state index contributed by atoms with van der Waals surface area (Å²) in [6, 6.07) is 0. The molecule has 0 aromatic carbocycles. The van der Waals surface area contributed by atoms with Crippen LogP contribution in [0.15, 0.2) is 10.7 Å². The molecule has 2 unspecified atom stereocenters. The van der Waals surface area contributed by atoms with E-state index < -0.39 is 4.92 Å². The highest BCUT2D eigenvalue weighted by Gasteiger charge is 2.23. The Morgan fingerprint density at radius 1 is 1.55 bits per heavy atom. The zero-order valence-corrected chi connectivity index (χ0v) is 12.9. The molecule has 2 rings (SSSR count). The van der Waals surface area contributed by atoms with Gasteiger partial charge in [-0.1, -0.05) is 12.8 Å². The van der Waals surface area contributed by atoms with Crippen LogP contribution in [-0.4, -0.2) is 27.7 Å². The summed E-state index contributed by atoms with van der Waals surface area (Å²) >= 11 is 3.35. The minimum absolute atomic E-state index is 0.000117. The minimum Gasteiger partial charge on any atom is -0.393 e. The molecule has 0 saturated heterocycles. The molecular formula is C13H18BrN3O3. The van der Waals surface area contributed by atoms with E-state index in [0.29, 0.717) is 22.4 Å². The predicted octanol–water partition coefficient (Wildman–Crippen LogP) is 3.02. The van der Waals surface area contributed by atoms with E-state index in [-0.39, 0.29) is 17.7 Å². The van der Waals surface area contributed by atoms with Crippen molar-refractivity contribution in [3.63, 3.8) is 0 Å². The van der Waals surface area contributed by atoms with Gasteiger partial charge in [-0.3, -0.25) is 10.1 Å². The zero-order chi connectivity index (χ0) is 14.7. The quantitative estimate of drug-likeness (QED) is 0.647. The first-order valence-electron chi connectivity index (χ1n) is 6.72. The molecule has 2 N–H and O–H groups in total. The van der Waals surface area contributed by atoms with Gasteiger partial charge in [0.05, 0.1) is 15.5 Å². The highest BCUT2D eigenvalue weighted by Crippen LogP contribution is 2.31. The first-order chi connectivity index (χ1) is 9.50. The Hall–Kier alpha value is -1.21. The van der Waals surface area contributed by atoms with Crippen LogP contribution in [-0.2, 0) is 0 Å². The Kier molecular flexibility index (Phi) is 4.93. The lowest BCUT2D eigenvalue weighted by atomic mass is 9.86. The second-order valence-corrected chi connectivity index (χ2v) is 5.97. The first-order valence-corrected chi connectivity index (χ1v) is 7.51. The van der Waals surface area contributed by atoms with E-state index >= 15 is 0 Å². The maximum absolute atomic E-state index is 10.8. The molecule has 1 aliphatic rings. The normalized spacial score (nSPS) is 22.6. The molecule has 0 spiro atoms. The van der Waals surface area contributed by atoms with Crippen molar-refractivity contribution in [1.82, 2.24) is 4.98 Å². The lowest BCUT2D eigenvalue weighted by Crippen LogP contribution is -2.30. The van der Waals surface area contributed by atoms with Gasteiger partial charge < -0.3 is 10.4 Å². The number of anilines is 1. The summed E-state index contributed by atoms with van der Waals surface area (Å²) in [5.41, 5.74) is 0.553. The molecule has 1 fully saturated rings. The van der Waals surface area contributed by atoms with Crippen LogP contribution in [0.2, 0.25) is 0 Å². The van der Waals surface area contributed by atoms with Gasteiger partial charge in [-0.05, 0) is 35.7 Å². The average molecular weight is 344 g/mol. The fourth-order valence-corrected chi connectivity index (χ4v) is 2.98. The third-order valence-electron chi connectivity index (χ3n) is 3.83. The van der Waals surface area contributed by atoms with E-state index in [1.807, 2.05) is 0 Å². The van der Waals surface area contributed by atoms with Gasteiger partial charge in [-0.25, -0.2) is 4.98 Å². The Bertz CT molecular complexity index is 510. The Balaban J connectivity index is 2.06. The fourth-order valence-electron chi connectivity index (χ4n) is 2.53. The van der Waals surface area contributed by atoms with E-state index in [0.717, 1.165) is 25.7 Å². The number of aliphatic hydroxyl groups is 1. The minimum atomic E-state index is -0.443. The van der Waals surface area contributed by atoms with Gasteiger partial charge >= 0.3 is 0 Å². The van der Waals surface area contributed by atoms with Crippen molar-refractivity contribution in [2.24, 2.45) is 5.92 Å². The molecule has 110 valence electrons. The van der Waals surface area contributed by atoms with Crippen LogP contribution in [0.5, 0.6) is 0 Å². The number of halogens is 1. The zero-order valence-electron chi connectivity index (χ0n) is 11.3. The van der Waals surface area contributed by atoms with Gasteiger partial charge in [0.2, 0.25) is 0 Å². The SMILES string of the molecule is Cc1c([N+](=O)[O-])cnc(NCC2CCCCC2O)c1Br. The van der Waals surface area contributed by atoms with Crippen molar-refractivity contribution < 1.29 is 10.0 Å². The third-order valence-corrected chi connectivity index (χ3v) is 4.80. The lowest BCUT2D eigenvalue weighted by molar-refractivity contribution is -0.385. The summed E-state index contributed by atoms with van der Waals surface area (Å²) < 4.78 is 0.608. The molecule has 7 heteroatoms. The largest absolute Gasteiger partial charge is 0.393 e. The van der Waals surface area contributed by atoms with Crippen LogP contribution in [0.25, 0.3) is 0 Å². The highest BCUT2D eigenvalue weighted by atomic mass is 79.9. The smallest absolute Gasteiger partial charge is 0.291 e.